The van der Waals surface area contributed by atoms with Gasteiger partial charge in [-0.25, -0.2) is 4.98 Å². The molecule has 10 heteroatoms. The summed E-state index contributed by atoms with van der Waals surface area (Å²) >= 11 is 1.33. The molecule has 0 saturated carbocycles. The number of hydrogen-bond donors (Lipinski definition) is 1. The lowest BCUT2D eigenvalue weighted by Crippen LogP contribution is -2.14. The predicted molar refractivity (Wildman–Crippen MR) is 81.0 cm³/mol. The van der Waals surface area contributed by atoms with Crippen LogP contribution in [0.25, 0.3) is 6.08 Å². The monoisotopic (exact) mass is 380 g/mol. The van der Waals surface area contributed by atoms with Gasteiger partial charge in [0.25, 0.3) is 0 Å². The number of halogens is 6. The molecule has 25 heavy (non-hydrogen) atoms. The molecular formula is C15H10F6N2OS. The number of aromatic nitrogens is 1. The first-order chi connectivity index (χ1) is 11.4. The van der Waals surface area contributed by atoms with Crippen LogP contribution >= 0.6 is 11.3 Å². The Balaban J connectivity index is 2.25. The number of alkyl halides is 6. The third-order valence-electron chi connectivity index (χ3n) is 2.90. The molecule has 0 atom stereocenters. The molecule has 1 aromatic carbocycles. The van der Waals surface area contributed by atoms with Gasteiger partial charge in [0.15, 0.2) is 0 Å². The summed E-state index contributed by atoms with van der Waals surface area (Å²) in [6.45, 7) is 1.74. The Morgan fingerprint density at radius 1 is 1.08 bits per heavy atom. The van der Waals surface area contributed by atoms with E-state index in [1.54, 1.807) is 12.3 Å². The number of thiazole rings is 1. The number of rotatable bonds is 3. The van der Waals surface area contributed by atoms with Crippen molar-refractivity contribution in [2.75, 3.05) is 5.32 Å². The normalized spacial score (nSPS) is 12.6. The van der Waals surface area contributed by atoms with Gasteiger partial charge in [0, 0.05) is 17.1 Å². The molecule has 0 spiro atoms. The molecule has 0 bridgehead atoms. The lowest BCUT2D eigenvalue weighted by atomic mass is 10.1. The molecule has 2 rings (SSSR count). The average molecular weight is 380 g/mol. The standard InChI is InChI=1S/C15H10F6N2OS/c1-8-22-11(7-25-8)2-3-13(24)23-12-5-9(14(16,17)18)4-10(6-12)15(19,20)21/h2-7H,1H3,(H,23,24). The second-order valence-electron chi connectivity index (χ2n) is 4.91. The highest BCUT2D eigenvalue weighted by Gasteiger charge is 2.37. The Morgan fingerprint density at radius 3 is 2.08 bits per heavy atom. The Morgan fingerprint density at radius 2 is 1.64 bits per heavy atom. The number of anilines is 1. The molecule has 1 aromatic heterocycles. The first-order valence-corrected chi connectivity index (χ1v) is 7.54. The number of carbonyl (C=O) groups excluding carboxylic acids is 1. The maximum Gasteiger partial charge on any atom is 0.416 e. The predicted octanol–water partition coefficient (Wildman–Crippen LogP) is 5.14. The van der Waals surface area contributed by atoms with Gasteiger partial charge in [0.2, 0.25) is 5.91 Å². The zero-order valence-electron chi connectivity index (χ0n) is 12.5. The molecule has 3 nitrogen and oxygen atoms in total. The van der Waals surface area contributed by atoms with E-state index in [-0.39, 0.29) is 6.07 Å². The zero-order chi connectivity index (χ0) is 18.8. The summed E-state index contributed by atoms with van der Waals surface area (Å²) in [5.41, 5.74) is -3.16. The largest absolute Gasteiger partial charge is 0.416 e. The summed E-state index contributed by atoms with van der Waals surface area (Å²) in [5, 5.41) is 4.38. The van der Waals surface area contributed by atoms with E-state index in [1.165, 1.54) is 17.4 Å². The topological polar surface area (TPSA) is 42.0 Å². The van der Waals surface area contributed by atoms with Crippen molar-refractivity contribution in [3.05, 3.63) is 51.5 Å². The molecule has 1 amide bonds. The van der Waals surface area contributed by atoms with Crippen LogP contribution in [0.3, 0.4) is 0 Å². The maximum atomic E-state index is 12.7. The fourth-order valence-corrected chi connectivity index (χ4v) is 2.41. The van der Waals surface area contributed by atoms with E-state index in [0.717, 1.165) is 11.1 Å². The highest BCUT2D eigenvalue weighted by molar-refractivity contribution is 7.09. The lowest BCUT2D eigenvalue weighted by Gasteiger charge is -2.14. The van der Waals surface area contributed by atoms with E-state index in [0.29, 0.717) is 17.8 Å². The van der Waals surface area contributed by atoms with Crippen LogP contribution in [0, 0.1) is 6.92 Å². The van der Waals surface area contributed by atoms with Gasteiger partial charge >= 0.3 is 12.4 Å². The Labute approximate surface area is 142 Å². The molecule has 0 aliphatic heterocycles. The van der Waals surface area contributed by atoms with Gasteiger partial charge in [-0.3, -0.25) is 4.79 Å². The van der Waals surface area contributed by atoms with E-state index in [1.807, 2.05) is 5.32 Å². The molecule has 0 saturated heterocycles. The minimum absolute atomic E-state index is 0.0104. The summed E-state index contributed by atoms with van der Waals surface area (Å²) in [6.07, 6.45) is -7.68. The van der Waals surface area contributed by atoms with Crippen molar-refractivity contribution in [2.24, 2.45) is 0 Å². The van der Waals surface area contributed by atoms with Gasteiger partial charge in [-0.15, -0.1) is 11.3 Å². The number of carbonyl (C=O) groups is 1. The van der Waals surface area contributed by atoms with Crippen LogP contribution in [0.15, 0.2) is 29.7 Å². The second-order valence-corrected chi connectivity index (χ2v) is 5.97. The van der Waals surface area contributed by atoms with Gasteiger partial charge in [-0.05, 0) is 31.2 Å². The van der Waals surface area contributed by atoms with Crippen molar-refractivity contribution < 1.29 is 31.1 Å². The van der Waals surface area contributed by atoms with Gasteiger partial charge in [0.05, 0.1) is 21.8 Å². The second kappa shape index (κ2) is 6.87. The van der Waals surface area contributed by atoms with Gasteiger partial charge in [-0.1, -0.05) is 0 Å². The smallest absolute Gasteiger partial charge is 0.322 e. The average Bonchev–Trinajstić information content (AvgIpc) is 2.89. The summed E-state index contributed by atoms with van der Waals surface area (Å²) in [7, 11) is 0. The summed E-state index contributed by atoms with van der Waals surface area (Å²) in [4.78, 5) is 15.8. The molecule has 1 N–H and O–H groups in total. The molecule has 134 valence electrons. The maximum absolute atomic E-state index is 12.7. The minimum atomic E-state index is -4.98. The SMILES string of the molecule is Cc1nc(C=CC(=O)Nc2cc(C(F)(F)F)cc(C(F)(F)F)c2)cs1. The van der Waals surface area contributed by atoms with E-state index in [4.69, 9.17) is 0 Å². The molecule has 1 heterocycles. The molecule has 2 aromatic rings. The van der Waals surface area contributed by atoms with Crippen LogP contribution in [-0.2, 0) is 17.1 Å². The molecular weight excluding hydrogens is 370 g/mol. The van der Waals surface area contributed by atoms with Crippen molar-refractivity contribution in [2.45, 2.75) is 19.3 Å². The molecule has 0 radical (unpaired) electrons. The minimum Gasteiger partial charge on any atom is -0.322 e. The first-order valence-electron chi connectivity index (χ1n) is 6.66. The Kier molecular flexibility index (Phi) is 5.21. The van der Waals surface area contributed by atoms with Crippen LogP contribution in [-0.4, -0.2) is 10.9 Å². The zero-order valence-corrected chi connectivity index (χ0v) is 13.3. The third kappa shape index (κ3) is 5.31. The molecule has 0 fully saturated rings. The van der Waals surface area contributed by atoms with E-state index in [9.17, 15) is 31.1 Å². The van der Waals surface area contributed by atoms with Gasteiger partial charge in [0.1, 0.15) is 0 Å². The quantitative estimate of drug-likeness (QED) is 0.592. The van der Waals surface area contributed by atoms with E-state index < -0.39 is 35.1 Å². The summed E-state index contributed by atoms with van der Waals surface area (Å²) < 4.78 is 76.5. The van der Waals surface area contributed by atoms with Crippen molar-refractivity contribution >= 4 is 29.0 Å². The van der Waals surface area contributed by atoms with Crippen molar-refractivity contribution in [3.63, 3.8) is 0 Å². The Hall–Kier alpha value is -2.36. The van der Waals surface area contributed by atoms with Crippen LogP contribution < -0.4 is 5.32 Å². The highest BCUT2D eigenvalue weighted by atomic mass is 32.1. The summed E-state index contributed by atoms with van der Waals surface area (Å²) in [5.74, 6) is -0.877. The van der Waals surface area contributed by atoms with Crippen LogP contribution in [0.1, 0.15) is 21.8 Å². The molecule has 0 unspecified atom stereocenters. The van der Waals surface area contributed by atoms with Gasteiger partial charge in [-0.2, -0.15) is 26.3 Å². The van der Waals surface area contributed by atoms with Crippen LogP contribution in [0.5, 0.6) is 0 Å². The summed E-state index contributed by atoms with van der Waals surface area (Å²) in [6, 6.07) is 0.867. The van der Waals surface area contributed by atoms with Crippen molar-refractivity contribution in [3.8, 4) is 0 Å². The number of aryl methyl sites for hydroxylation is 1. The van der Waals surface area contributed by atoms with Crippen LogP contribution in [0.2, 0.25) is 0 Å². The first kappa shape index (κ1) is 19.0. The Bertz CT molecular complexity index is 775. The van der Waals surface area contributed by atoms with Gasteiger partial charge < -0.3 is 5.32 Å². The fraction of sp³-hybridized carbons (Fsp3) is 0.200. The highest BCUT2D eigenvalue weighted by Crippen LogP contribution is 2.37. The van der Waals surface area contributed by atoms with E-state index >= 15 is 0 Å². The third-order valence-corrected chi connectivity index (χ3v) is 3.69. The fourth-order valence-electron chi connectivity index (χ4n) is 1.83. The number of benzene rings is 1. The number of hydrogen-bond acceptors (Lipinski definition) is 3. The molecule has 0 aliphatic carbocycles. The molecule has 0 aliphatic rings. The van der Waals surface area contributed by atoms with E-state index in [2.05, 4.69) is 4.98 Å². The van der Waals surface area contributed by atoms with Crippen LogP contribution in [0.4, 0.5) is 32.0 Å². The number of amides is 1. The van der Waals surface area contributed by atoms with Crippen molar-refractivity contribution in [1.29, 1.82) is 0 Å². The number of nitrogens with zero attached hydrogens (tertiary/aromatic N) is 1. The lowest BCUT2D eigenvalue weighted by molar-refractivity contribution is -0.143. The van der Waals surface area contributed by atoms with Crippen molar-refractivity contribution in [1.82, 2.24) is 4.98 Å². The number of nitrogens with one attached hydrogen (secondary N) is 1.